The van der Waals surface area contributed by atoms with Gasteiger partial charge in [-0.15, -0.1) is 12.4 Å². The van der Waals surface area contributed by atoms with Crippen LogP contribution in [0.15, 0.2) is 54.6 Å². The summed E-state index contributed by atoms with van der Waals surface area (Å²) in [6, 6.07) is 18.0. The number of amides is 1. The lowest BCUT2D eigenvalue weighted by Crippen LogP contribution is -2.26. The van der Waals surface area contributed by atoms with E-state index in [1.807, 2.05) is 54.6 Å². The first kappa shape index (κ1) is 20.0. The maximum absolute atomic E-state index is 11.7. The second kappa shape index (κ2) is 11.5. The molecule has 2 aromatic rings. The highest BCUT2D eigenvalue weighted by atomic mass is 35.5. The summed E-state index contributed by atoms with van der Waals surface area (Å²) < 4.78 is 5.81. The average molecular weight is 349 g/mol. The number of nitrogens with one attached hydrogen (secondary N) is 1. The van der Waals surface area contributed by atoms with E-state index in [0.29, 0.717) is 26.1 Å². The normalized spacial score (nSPS) is 9.88. The molecule has 3 N–H and O–H groups in total. The van der Waals surface area contributed by atoms with Crippen molar-refractivity contribution in [2.75, 3.05) is 19.7 Å². The van der Waals surface area contributed by atoms with E-state index in [-0.39, 0.29) is 18.3 Å². The molecule has 0 bridgehead atoms. The number of carbonyl (C=O) groups excluding carboxylic acids is 1. The number of hydrogen-bond donors (Lipinski definition) is 2. The molecule has 4 nitrogen and oxygen atoms in total. The number of hydrogen-bond acceptors (Lipinski definition) is 3. The smallest absolute Gasteiger partial charge is 0.223 e. The molecule has 0 saturated carbocycles. The number of carbonyl (C=O) groups is 1. The second-order valence-electron chi connectivity index (χ2n) is 5.31. The minimum atomic E-state index is 0. The zero-order chi connectivity index (χ0) is 16.3. The van der Waals surface area contributed by atoms with E-state index < -0.39 is 0 Å². The minimum Gasteiger partial charge on any atom is -0.492 e. The predicted octanol–water partition coefficient (Wildman–Crippen LogP) is 3.40. The number of unbranched alkanes of at least 4 members (excludes halogenated alkanes) is 1. The molecule has 0 unspecified atom stereocenters. The molecule has 0 aliphatic rings. The van der Waals surface area contributed by atoms with Crippen molar-refractivity contribution in [2.24, 2.45) is 5.73 Å². The number of nitrogens with two attached hydrogens (primary N) is 1. The van der Waals surface area contributed by atoms with Gasteiger partial charge in [0.2, 0.25) is 5.91 Å². The summed E-state index contributed by atoms with van der Waals surface area (Å²) in [6.45, 7) is 1.71. The van der Waals surface area contributed by atoms with Gasteiger partial charge in [0.05, 0.1) is 13.0 Å². The van der Waals surface area contributed by atoms with Gasteiger partial charge in [0, 0.05) is 12.1 Å². The summed E-state index contributed by atoms with van der Waals surface area (Å²) in [4.78, 5) is 11.7. The molecular formula is C19H25ClN2O2. The molecule has 24 heavy (non-hydrogen) atoms. The predicted molar refractivity (Wildman–Crippen MR) is 101 cm³/mol. The van der Waals surface area contributed by atoms with Crippen LogP contribution >= 0.6 is 12.4 Å². The Morgan fingerprint density at radius 1 is 1.00 bits per heavy atom. The Balaban J connectivity index is 0.00000288. The highest BCUT2D eigenvalue weighted by molar-refractivity contribution is 5.85. The van der Waals surface area contributed by atoms with Gasteiger partial charge in [-0.2, -0.15) is 0 Å². The van der Waals surface area contributed by atoms with Crippen molar-refractivity contribution in [1.29, 1.82) is 0 Å². The van der Waals surface area contributed by atoms with Crippen LogP contribution in [-0.2, 0) is 4.79 Å². The Morgan fingerprint density at radius 2 is 1.71 bits per heavy atom. The van der Waals surface area contributed by atoms with Gasteiger partial charge in [-0.3, -0.25) is 4.79 Å². The van der Waals surface area contributed by atoms with E-state index in [9.17, 15) is 4.79 Å². The van der Waals surface area contributed by atoms with Crippen LogP contribution in [0.2, 0.25) is 0 Å². The van der Waals surface area contributed by atoms with Crippen molar-refractivity contribution in [1.82, 2.24) is 5.32 Å². The Hall–Kier alpha value is -2.04. The highest BCUT2D eigenvalue weighted by Crippen LogP contribution is 2.29. The Kier molecular flexibility index (Phi) is 9.58. The lowest BCUT2D eigenvalue weighted by atomic mass is 10.1. The van der Waals surface area contributed by atoms with Gasteiger partial charge < -0.3 is 15.8 Å². The maximum atomic E-state index is 11.7. The van der Waals surface area contributed by atoms with Crippen LogP contribution in [0.5, 0.6) is 5.75 Å². The fourth-order valence-electron chi connectivity index (χ4n) is 2.29. The lowest BCUT2D eigenvalue weighted by molar-refractivity contribution is -0.121. The van der Waals surface area contributed by atoms with E-state index in [1.165, 1.54) is 0 Å². The topological polar surface area (TPSA) is 64.3 Å². The van der Waals surface area contributed by atoms with Gasteiger partial charge in [-0.25, -0.2) is 0 Å². The SMILES string of the molecule is Cl.NCCCCNC(=O)CCOc1ccccc1-c1ccccc1. The molecule has 2 rings (SSSR count). The van der Waals surface area contributed by atoms with Crippen molar-refractivity contribution >= 4 is 18.3 Å². The molecule has 0 aliphatic carbocycles. The van der Waals surface area contributed by atoms with E-state index in [0.717, 1.165) is 29.7 Å². The average Bonchev–Trinajstić information content (AvgIpc) is 2.60. The molecule has 0 aliphatic heterocycles. The summed E-state index contributed by atoms with van der Waals surface area (Å²) in [5.74, 6) is 0.814. The monoisotopic (exact) mass is 348 g/mol. The van der Waals surface area contributed by atoms with Gasteiger partial charge in [0.1, 0.15) is 5.75 Å². The zero-order valence-electron chi connectivity index (χ0n) is 13.7. The van der Waals surface area contributed by atoms with Crippen LogP contribution < -0.4 is 15.8 Å². The third-order valence-corrected chi connectivity index (χ3v) is 3.51. The minimum absolute atomic E-state index is 0. The number of ether oxygens (including phenoxy) is 1. The summed E-state index contributed by atoms with van der Waals surface area (Å²) >= 11 is 0. The molecule has 0 heterocycles. The zero-order valence-corrected chi connectivity index (χ0v) is 14.6. The highest BCUT2D eigenvalue weighted by Gasteiger charge is 2.06. The quantitative estimate of drug-likeness (QED) is 0.683. The fraction of sp³-hybridized carbons (Fsp3) is 0.316. The molecule has 0 atom stereocenters. The summed E-state index contributed by atoms with van der Waals surface area (Å²) in [5, 5.41) is 2.88. The third-order valence-electron chi connectivity index (χ3n) is 3.51. The van der Waals surface area contributed by atoms with Crippen LogP contribution in [0, 0.1) is 0 Å². The molecule has 5 heteroatoms. The first-order valence-corrected chi connectivity index (χ1v) is 8.05. The van der Waals surface area contributed by atoms with E-state index in [1.54, 1.807) is 0 Å². The van der Waals surface area contributed by atoms with Crippen LogP contribution in [0.3, 0.4) is 0 Å². The largest absolute Gasteiger partial charge is 0.492 e. The van der Waals surface area contributed by atoms with Crippen LogP contribution in [0.1, 0.15) is 19.3 Å². The molecule has 0 radical (unpaired) electrons. The van der Waals surface area contributed by atoms with Gasteiger partial charge in [0.25, 0.3) is 0 Å². The molecule has 0 spiro atoms. The summed E-state index contributed by atoms with van der Waals surface area (Å²) in [7, 11) is 0. The number of para-hydroxylation sites is 1. The first-order valence-electron chi connectivity index (χ1n) is 8.05. The number of benzene rings is 2. The fourth-order valence-corrected chi connectivity index (χ4v) is 2.29. The van der Waals surface area contributed by atoms with Crippen molar-refractivity contribution < 1.29 is 9.53 Å². The van der Waals surface area contributed by atoms with Gasteiger partial charge in [-0.1, -0.05) is 48.5 Å². The van der Waals surface area contributed by atoms with Crippen molar-refractivity contribution in [2.45, 2.75) is 19.3 Å². The molecule has 2 aromatic carbocycles. The Labute approximate surface area is 149 Å². The molecular weight excluding hydrogens is 324 g/mol. The van der Waals surface area contributed by atoms with Gasteiger partial charge >= 0.3 is 0 Å². The molecule has 0 aromatic heterocycles. The van der Waals surface area contributed by atoms with Crippen molar-refractivity contribution in [3.63, 3.8) is 0 Å². The Bertz CT molecular complexity index is 605. The molecule has 0 fully saturated rings. The molecule has 1 amide bonds. The van der Waals surface area contributed by atoms with Crippen LogP contribution in [0.4, 0.5) is 0 Å². The van der Waals surface area contributed by atoms with E-state index >= 15 is 0 Å². The first-order chi connectivity index (χ1) is 11.3. The number of halogens is 1. The van der Waals surface area contributed by atoms with Gasteiger partial charge in [-0.05, 0) is 31.0 Å². The molecule has 130 valence electrons. The van der Waals surface area contributed by atoms with Crippen LogP contribution in [0.25, 0.3) is 11.1 Å². The van der Waals surface area contributed by atoms with E-state index in [2.05, 4.69) is 5.32 Å². The summed E-state index contributed by atoms with van der Waals surface area (Å²) in [5.41, 5.74) is 7.56. The van der Waals surface area contributed by atoms with Crippen molar-refractivity contribution in [3.05, 3.63) is 54.6 Å². The number of rotatable bonds is 9. The van der Waals surface area contributed by atoms with Crippen LogP contribution in [-0.4, -0.2) is 25.6 Å². The lowest BCUT2D eigenvalue weighted by Gasteiger charge is -2.11. The van der Waals surface area contributed by atoms with Crippen molar-refractivity contribution in [3.8, 4) is 16.9 Å². The molecule has 0 saturated heterocycles. The summed E-state index contributed by atoms with van der Waals surface area (Å²) in [6.07, 6.45) is 2.20. The van der Waals surface area contributed by atoms with E-state index in [4.69, 9.17) is 10.5 Å². The second-order valence-corrected chi connectivity index (χ2v) is 5.31. The third kappa shape index (κ3) is 6.60. The standard InChI is InChI=1S/C19H24N2O2.ClH/c20-13-6-7-14-21-19(22)12-15-23-18-11-5-4-10-17(18)16-8-2-1-3-9-16;/h1-5,8-11H,6-7,12-15,20H2,(H,21,22);1H. The van der Waals surface area contributed by atoms with Gasteiger partial charge in [0.15, 0.2) is 0 Å². The maximum Gasteiger partial charge on any atom is 0.223 e. The Morgan fingerprint density at radius 3 is 2.46 bits per heavy atom.